The maximum atomic E-state index is 10.1. The van der Waals surface area contributed by atoms with Crippen molar-refractivity contribution in [3.8, 4) is 5.75 Å². The number of carbonyl (C=O) groups excluding carboxylic acids is 1. The first-order chi connectivity index (χ1) is 8.38. The summed E-state index contributed by atoms with van der Waals surface area (Å²) >= 11 is 0. The summed E-state index contributed by atoms with van der Waals surface area (Å²) in [7, 11) is 0. The van der Waals surface area contributed by atoms with Crippen molar-refractivity contribution in [1.82, 2.24) is 4.90 Å². The number of hydrogen-bond donors (Lipinski definition) is 0. The zero-order chi connectivity index (χ0) is 11.9. The van der Waals surface area contributed by atoms with Crippen LogP contribution in [0.25, 0.3) is 0 Å². The number of hydrogen-bond acceptors (Lipinski definition) is 4. The van der Waals surface area contributed by atoms with Gasteiger partial charge in [-0.15, -0.1) is 0 Å². The van der Waals surface area contributed by atoms with Crippen molar-refractivity contribution in [2.24, 2.45) is 0 Å². The van der Waals surface area contributed by atoms with Crippen LogP contribution in [0.3, 0.4) is 0 Å². The summed E-state index contributed by atoms with van der Waals surface area (Å²) < 4.78 is 10.5. The normalized spacial score (nSPS) is 16.7. The molecule has 91 valence electrons. The molecule has 0 aliphatic carbocycles. The van der Waals surface area contributed by atoms with Gasteiger partial charge in [-0.05, 0) is 17.7 Å². The van der Waals surface area contributed by atoms with Gasteiger partial charge in [0.15, 0.2) is 6.61 Å². The Morgan fingerprint density at radius 2 is 2.18 bits per heavy atom. The molecule has 1 aromatic rings. The molecule has 1 heterocycles. The van der Waals surface area contributed by atoms with E-state index in [9.17, 15) is 4.79 Å². The molecule has 1 aliphatic rings. The summed E-state index contributed by atoms with van der Waals surface area (Å²) in [6.45, 7) is 4.42. The summed E-state index contributed by atoms with van der Waals surface area (Å²) in [4.78, 5) is 12.4. The SMILES string of the molecule is O=[C]COc1cccc(CN2CCOCC2)c1. The smallest absolute Gasteiger partial charge is 0.239 e. The molecule has 4 nitrogen and oxygen atoms in total. The van der Waals surface area contributed by atoms with E-state index in [-0.39, 0.29) is 6.61 Å². The van der Waals surface area contributed by atoms with Gasteiger partial charge in [-0.2, -0.15) is 0 Å². The third-order valence-electron chi connectivity index (χ3n) is 2.71. The maximum Gasteiger partial charge on any atom is 0.239 e. The number of rotatable bonds is 5. The predicted molar refractivity (Wildman–Crippen MR) is 63.7 cm³/mol. The van der Waals surface area contributed by atoms with Crippen LogP contribution < -0.4 is 4.74 Å². The Morgan fingerprint density at radius 1 is 1.35 bits per heavy atom. The van der Waals surface area contributed by atoms with Gasteiger partial charge in [0.1, 0.15) is 5.75 Å². The number of ether oxygens (including phenoxy) is 2. The van der Waals surface area contributed by atoms with Gasteiger partial charge in [-0.1, -0.05) is 12.1 Å². The highest BCUT2D eigenvalue weighted by Crippen LogP contribution is 2.15. The first-order valence-corrected chi connectivity index (χ1v) is 5.75. The van der Waals surface area contributed by atoms with Crippen LogP contribution in [0.15, 0.2) is 24.3 Å². The van der Waals surface area contributed by atoms with Crippen LogP contribution in [0.2, 0.25) is 0 Å². The molecular weight excluding hydrogens is 218 g/mol. The zero-order valence-corrected chi connectivity index (χ0v) is 9.72. The van der Waals surface area contributed by atoms with Crippen molar-refractivity contribution < 1.29 is 14.3 Å². The van der Waals surface area contributed by atoms with Crippen molar-refractivity contribution in [3.63, 3.8) is 0 Å². The molecule has 0 amide bonds. The van der Waals surface area contributed by atoms with Crippen LogP contribution in [0.5, 0.6) is 5.75 Å². The molecule has 17 heavy (non-hydrogen) atoms. The summed E-state index contributed by atoms with van der Waals surface area (Å²) in [6, 6.07) is 7.82. The lowest BCUT2D eigenvalue weighted by Gasteiger charge is -2.26. The van der Waals surface area contributed by atoms with Crippen LogP contribution in [0, 0.1) is 0 Å². The van der Waals surface area contributed by atoms with Gasteiger partial charge in [0.2, 0.25) is 6.29 Å². The Hall–Kier alpha value is -1.39. The zero-order valence-electron chi connectivity index (χ0n) is 9.72. The third kappa shape index (κ3) is 3.84. The third-order valence-corrected chi connectivity index (χ3v) is 2.71. The molecule has 1 fully saturated rings. The average molecular weight is 234 g/mol. The van der Waals surface area contributed by atoms with Gasteiger partial charge >= 0.3 is 0 Å². The molecule has 1 aliphatic heterocycles. The standard InChI is InChI=1S/C13H16NO3/c15-6-9-17-13-3-1-2-12(10-13)11-14-4-7-16-8-5-14/h1-3,10H,4-5,7-9,11H2. The highest BCUT2D eigenvalue weighted by molar-refractivity contribution is 5.52. The lowest BCUT2D eigenvalue weighted by molar-refractivity contribution is 0.0341. The lowest BCUT2D eigenvalue weighted by atomic mass is 10.2. The first kappa shape index (κ1) is 12.1. The molecule has 1 aromatic carbocycles. The predicted octanol–water partition coefficient (Wildman–Crippen LogP) is 1.01. The second-order valence-corrected chi connectivity index (χ2v) is 3.97. The minimum absolute atomic E-state index is 0.0129. The van der Waals surface area contributed by atoms with Crippen LogP contribution in [-0.2, 0) is 16.1 Å². The van der Waals surface area contributed by atoms with Crippen LogP contribution in [0.4, 0.5) is 0 Å². The molecule has 2 rings (SSSR count). The fourth-order valence-corrected chi connectivity index (χ4v) is 1.86. The molecule has 1 radical (unpaired) electrons. The molecule has 0 unspecified atom stereocenters. The molecule has 0 bridgehead atoms. The molecular formula is C13H16NO3. The van der Waals surface area contributed by atoms with Crippen molar-refractivity contribution in [1.29, 1.82) is 0 Å². The molecule has 4 heteroatoms. The lowest BCUT2D eigenvalue weighted by Crippen LogP contribution is -2.35. The number of benzene rings is 1. The highest BCUT2D eigenvalue weighted by atomic mass is 16.5. The fourth-order valence-electron chi connectivity index (χ4n) is 1.86. The van der Waals surface area contributed by atoms with Crippen LogP contribution in [-0.4, -0.2) is 44.1 Å². The maximum absolute atomic E-state index is 10.1. The van der Waals surface area contributed by atoms with Gasteiger partial charge in [-0.3, -0.25) is 9.69 Å². The summed E-state index contributed by atoms with van der Waals surface area (Å²) in [5.74, 6) is 0.721. The van der Waals surface area contributed by atoms with Crippen molar-refractivity contribution >= 4 is 6.29 Å². The molecule has 0 spiro atoms. The van der Waals surface area contributed by atoms with Gasteiger partial charge in [-0.25, -0.2) is 0 Å². The van der Waals surface area contributed by atoms with E-state index in [1.165, 1.54) is 5.56 Å². The summed E-state index contributed by atoms with van der Waals surface area (Å²) in [6.07, 6.45) is 1.72. The molecule has 0 N–H and O–H groups in total. The van der Waals surface area contributed by atoms with E-state index in [1.54, 1.807) is 6.29 Å². The van der Waals surface area contributed by atoms with Crippen molar-refractivity contribution in [2.75, 3.05) is 32.9 Å². The minimum atomic E-state index is -0.0129. The summed E-state index contributed by atoms with van der Waals surface area (Å²) in [5, 5.41) is 0. The quantitative estimate of drug-likeness (QED) is 0.762. The first-order valence-electron chi connectivity index (χ1n) is 5.75. The van der Waals surface area contributed by atoms with E-state index >= 15 is 0 Å². The largest absolute Gasteiger partial charge is 0.485 e. The van der Waals surface area contributed by atoms with Crippen LogP contribution >= 0.6 is 0 Å². The average Bonchev–Trinajstić information content (AvgIpc) is 2.38. The topological polar surface area (TPSA) is 38.8 Å². The monoisotopic (exact) mass is 234 g/mol. The van der Waals surface area contributed by atoms with Crippen LogP contribution in [0.1, 0.15) is 5.56 Å². The number of morpholine rings is 1. The van der Waals surface area contributed by atoms with Crippen molar-refractivity contribution in [2.45, 2.75) is 6.54 Å². The van der Waals surface area contributed by atoms with Gasteiger partial charge in [0.25, 0.3) is 0 Å². The van der Waals surface area contributed by atoms with E-state index in [0.717, 1.165) is 38.6 Å². The van der Waals surface area contributed by atoms with E-state index in [2.05, 4.69) is 11.0 Å². The van der Waals surface area contributed by atoms with Gasteiger partial charge in [0.05, 0.1) is 13.2 Å². The van der Waals surface area contributed by atoms with Crippen molar-refractivity contribution in [3.05, 3.63) is 29.8 Å². The highest BCUT2D eigenvalue weighted by Gasteiger charge is 2.10. The molecule has 0 aromatic heterocycles. The summed E-state index contributed by atoms with van der Waals surface area (Å²) in [5.41, 5.74) is 1.19. The van der Waals surface area contributed by atoms with E-state index in [0.29, 0.717) is 0 Å². The Labute approximate surface area is 101 Å². The number of nitrogens with zero attached hydrogens (tertiary/aromatic N) is 1. The van der Waals surface area contributed by atoms with E-state index < -0.39 is 0 Å². The Bertz CT molecular complexity index is 361. The van der Waals surface area contributed by atoms with E-state index in [1.807, 2.05) is 18.2 Å². The Kier molecular flexibility index (Phi) is 4.53. The molecule has 1 saturated heterocycles. The molecule has 0 atom stereocenters. The Balaban J connectivity index is 1.92. The fraction of sp³-hybridized carbons (Fsp3) is 0.462. The minimum Gasteiger partial charge on any atom is -0.485 e. The molecule has 0 saturated carbocycles. The second kappa shape index (κ2) is 6.37. The van der Waals surface area contributed by atoms with Gasteiger partial charge in [0, 0.05) is 19.6 Å². The Morgan fingerprint density at radius 3 is 2.94 bits per heavy atom. The second-order valence-electron chi connectivity index (χ2n) is 3.97. The van der Waals surface area contributed by atoms with E-state index in [4.69, 9.17) is 9.47 Å². The van der Waals surface area contributed by atoms with Gasteiger partial charge < -0.3 is 9.47 Å².